The number of unbranched alkanes of at least 4 members (excludes halogenated alkanes) is 2. The minimum absolute atomic E-state index is 0.193. The van der Waals surface area contributed by atoms with E-state index in [1.807, 2.05) is 30.3 Å². The maximum Gasteiger partial charge on any atom is 0.344 e. The first-order valence-corrected chi connectivity index (χ1v) is 27.4. The fraction of sp³-hybridized carbons (Fsp3) is 0.294. The third-order valence-corrected chi connectivity index (χ3v) is 12.6. The number of hydrogen-bond donors (Lipinski definition) is 0. The molecule has 16 heteroatoms. The van der Waals surface area contributed by atoms with Crippen LogP contribution in [-0.4, -0.2) is 62.2 Å². The maximum atomic E-state index is 13.1. The molecule has 6 rings (SSSR count). The number of fused-ring (bicyclic) bond motifs is 2. The Labute approximate surface area is 488 Å². The average Bonchev–Trinajstić information content (AvgIpc) is 1.50. The highest BCUT2D eigenvalue weighted by molar-refractivity contribution is 5.91. The van der Waals surface area contributed by atoms with Crippen LogP contribution in [0.2, 0.25) is 0 Å². The van der Waals surface area contributed by atoms with Gasteiger partial charge in [0.1, 0.15) is 22.7 Å². The van der Waals surface area contributed by atoms with Gasteiger partial charge in [0.2, 0.25) is 0 Å². The van der Waals surface area contributed by atoms with Gasteiger partial charge in [0, 0.05) is 44.2 Å². The van der Waals surface area contributed by atoms with Crippen LogP contribution in [0, 0.1) is 0 Å². The minimum Gasteiger partial charge on any atom is -0.462 e. The highest BCUT2D eigenvalue weighted by atomic mass is 16.6. The molecule has 440 valence electrons. The molecule has 0 fully saturated rings. The van der Waals surface area contributed by atoms with Crippen molar-refractivity contribution in [3.05, 3.63) is 201 Å². The minimum atomic E-state index is -0.535. The monoisotopic (exact) mass is 1140 g/mol. The Hall–Kier alpha value is -9.44. The summed E-state index contributed by atoms with van der Waals surface area (Å²) in [6, 6.07) is 24.7. The molecule has 0 saturated carbocycles. The lowest BCUT2D eigenvalue weighted by Crippen LogP contribution is -2.09. The lowest BCUT2D eigenvalue weighted by Gasteiger charge is -2.12. The zero-order valence-electron chi connectivity index (χ0n) is 48.8. The van der Waals surface area contributed by atoms with E-state index in [2.05, 4.69) is 39.5 Å². The Bertz CT molecular complexity index is 3620. The molecule has 0 N–H and O–H groups in total. The van der Waals surface area contributed by atoms with E-state index in [1.165, 1.54) is 0 Å². The molecule has 16 nitrogen and oxygen atoms in total. The van der Waals surface area contributed by atoms with Crippen LogP contribution in [0.5, 0.6) is 11.5 Å². The Morgan fingerprint density at radius 3 is 1.01 bits per heavy atom. The van der Waals surface area contributed by atoms with Gasteiger partial charge in [0.05, 0.1) is 37.6 Å². The molecule has 0 radical (unpaired) electrons. The average molecular weight is 1150 g/mol. The third-order valence-electron chi connectivity index (χ3n) is 12.6. The van der Waals surface area contributed by atoms with Crippen molar-refractivity contribution in [2.24, 2.45) is 0 Å². The zero-order chi connectivity index (χ0) is 61.6. The molecule has 0 aliphatic carbocycles. The topological polar surface area (TPSA) is 218 Å². The van der Waals surface area contributed by atoms with Crippen LogP contribution in [-0.2, 0) is 73.4 Å². The number of ether oxygens (including phenoxy) is 6. The quantitative estimate of drug-likeness (QED) is 0.0111. The molecule has 0 atom stereocenters. The lowest BCUT2D eigenvalue weighted by molar-refractivity contribution is -0.139. The van der Waals surface area contributed by atoms with E-state index in [1.54, 1.807) is 96.1 Å². The summed E-state index contributed by atoms with van der Waals surface area (Å²) in [5.74, 6) is -2.09. The van der Waals surface area contributed by atoms with Crippen LogP contribution in [0.25, 0.3) is 44.2 Å². The second-order valence-electron chi connectivity index (χ2n) is 20.4. The van der Waals surface area contributed by atoms with Gasteiger partial charge in [-0.05, 0) is 188 Å². The molecule has 0 aliphatic heterocycles. The van der Waals surface area contributed by atoms with Crippen molar-refractivity contribution in [2.75, 3.05) is 26.4 Å². The molecule has 6 aromatic rings. The first kappa shape index (κ1) is 65.4. The maximum absolute atomic E-state index is 13.1. The summed E-state index contributed by atoms with van der Waals surface area (Å²) in [4.78, 5) is 96.5. The number of benzene rings is 4. The summed E-state index contributed by atoms with van der Waals surface area (Å²) >= 11 is 0. The molecule has 0 saturated heterocycles. The second kappa shape index (κ2) is 31.7. The molecule has 2 heterocycles. The van der Waals surface area contributed by atoms with Crippen molar-refractivity contribution in [1.82, 2.24) is 0 Å². The summed E-state index contributed by atoms with van der Waals surface area (Å²) in [5, 5.41) is 1.50. The number of rotatable bonds is 28. The fourth-order valence-corrected chi connectivity index (χ4v) is 8.15. The van der Waals surface area contributed by atoms with Gasteiger partial charge >= 0.3 is 47.1 Å². The summed E-state index contributed by atoms with van der Waals surface area (Å²) in [6.07, 6.45) is 6.43. The molecule has 0 unspecified atom stereocenters. The molecule has 0 aliphatic rings. The van der Waals surface area contributed by atoms with Gasteiger partial charge in [0.25, 0.3) is 0 Å². The van der Waals surface area contributed by atoms with Crippen molar-refractivity contribution in [2.45, 2.75) is 106 Å². The molecule has 2 aromatic heterocycles. The number of carbonyl (C=O) groups is 6. The first-order chi connectivity index (χ1) is 39.9. The van der Waals surface area contributed by atoms with Gasteiger partial charge in [-0.1, -0.05) is 75.9 Å². The van der Waals surface area contributed by atoms with E-state index >= 15 is 0 Å². The van der Waals surface area contributed by atoms with E-state index in [9.17, 15) is 38.4 Å². The van der Waals surface area contributed by atoms with Gasteiger partial charge in [0.15, 0.2) is 0 Å². The third kappa shape index (κ3) is 19.9. The largest absolute Gasteiger partial charge is 0.462 e. The molecular weight excluding hydrogens is 1070 g/mol. The Morgan fingerprint density at radius 1 is 0.369 bits per heavy atom. The molecule has 0 amide bonds. The Kier molecular flexibility index (Phi) is 24.7. The molecule has 0 spiro atoms. The van der Waals surface area contributed by atoms with Crippen molar-refractivity contribution >= 4 is 57.8 Å². The van der Waals surface area contributed by atoms with Gasteiger partial charge in [-0.25, -0.2) is 38.4 Å². The van der Waals surface area contributed by atoms with E-state index in [4.69, 9.17) is 37.3 Å². The highest BCUT2D eigenvalue weighted by Crippen LogP contribution is 2.30. The molecular formula is C68H72O16. The highest BCUT2D eigenvalue weighted by Gasteiger charge is 2.17. The first-order valence-electron chi connectivity index (χ1n) is 27.4. The summed E-state index contributed by atoms with van der Waals surface area (Å²) < 4.78 is 43.0. The number of hydrogen-bond acceptors (Lipinski definition) is 16. The van der Waals surface area contributed by atoms with Crippen molar-refractivity contribution in [3.8, 4) is 33.8 Å². The van der Waals surface area contributed by atoms with Gasteiger partial charge < -0.3 is 37.3 Å². The Balaban J connectivity index is 0.000000308. The fourth-order valence-electron chi connectivity index (χ4n) is 8.15. The predicted octanol–water partition coefficient (Wildman–Crippen LogP) is 12.9. The van der Waals surface area contributed by atoms with Crippen LogP contribution in [0.1, 0.15) is 102 Å². The van der Waals surface area contributed by atoms with Crippen molar-refractivity contribution in [3.63, 3.8) is 0 Å². The lowest BCUT2D eigenvalue weighted by atomic mass is 9.97. The van der Waals surface area contributed by atoms with E-state index in [0.717, 1.165) is 45.9 Å². The van der Waals surface area contributed by atoms with Gasteiger partial charge in [-0.15, -0.1) is 0 Å². The van der Waals surface area contributed by atoms with E-state index in [-0.39, 0.29) is 31.0 Å². The SMILES string of the molecule is C=C(C)C(=O)OCCCCc1cc(CCCCOC(=O)C(=C)C)c2oc(=O)c(-c3ccc(OC(=O)C(=C)C)cc3)cc2c1.C=C(C)C(=O)OCCCc1cc(CCCOC(=O)C(=C)C)c2oc(=O)c(-c3ccc(OC(=O)C(=C)C)cc3)cc2c1. The smallest absolute Gasteiger partial charge is 0.344 e. The van der Waals surface area contributed by atoms with E-state index < -0.39 is 47.1 Å². The van der Waals surface area contributed by atoms with Crippen molar-refractivity contribution in [1.29, 1.82) is 0 Å². The predicted molar refractivity (Wildman–Crippen MR) is 322 cm³/mol. The molecule has 84 heavy (non-hydrogen) atoms. The van der Waals surface area contributed by atoms with Gasteiger partial charge in [-0.3, -0.25) is 0 Å². The van der Waals surface area contributed by atoms with Gasteiger partial charge in [-0.2, -0.15) is 0 Å². The summed E-state index contributed by atoms with van der Waals surface area (Å²) in [5.41, 5.74) is 7.59. The Morgan fingerprint density at radius 2 is 0.667 bits per heavy atom. The van der Waals surface area contributed by atoms with Crippen LogP contribution in [0.3, 0.4) is 0 Å². The van der Waals surface area contributed by atoms with Crippen LogP contribution in [0.4, 0.5) is 0 Å². The summed E-state index contributed by atoms with van der Waals surface area (Å²) in [7, 11) is 0. The zero-order valence-corrected chi connectivity index (χ0v) is 48.8. The number of carbonyl (C=O) groups excluding carboxylic acids is 6. The molecule has 4 aromatic carbocycles. The number of esters is 6. The van der Waals surface area contributed by atoms with Crippen molar-refractivity contribution < 1.29 is 66.0 Å². The second-order valence-corrected chi connectivity index (χ2v) is 20.4. The summed E-state index contributed by atoms with van der Waals surface area (Å²) in [6.45, 7) is 32.0. The van der Waals surface area contributed by atoms with Crippen LogP contribution < -0.4 is 20.7 Å². The normalized spacial score (nSPS) is 10.6. The van der Waals surface area contributed by atoms with E-state index in [0.29, 0.717) is 125 Å². The van der Waals surface area contributed by atoms with Crippen LogP contribution >= 0.6 is 0 Å². The standard InChI is InChI=1S/C35H38O8.C33H34O8/c1-22(2)32(36)40-17-9-7-11-25-19-27(12-8-10-18-41-33(37)23(3)4)31-28(20-25)21-30(35(39)43-31)26-13-15-29(16-14-26)42-34(38)24(5)6;1-20(2)30(34)38-15-7-9-23-17-25(10-8-16-39-31(35)21(3)4)29-26(18-23)19-28(33(37)41-29)24-11-13-27(14-12-24)40-32(36)22(5)6/h13-16,19-21H,1,3,5,7-12,17-18H2,2,4,6H3;11-14,17-19H,1,3,5,7-10,15-16H2,2,4,6H3. The number of aryl methyl sites for hydroxylation is 4. The molecule has 0 bridgehead atoms. The van der Waals surface area contributed by atoms with Crippen LogP contribution in [0.15, 0.2) is 176 Å².